The molecule has 0 unspecified atom stereocenters. The number of para-hydroxylation sites is 1. The molecule has 6 heteroatoms. The van der Waals surface area contributed by atoms with Crippen molar-refractivity contribution in [3.05, 3.63) is 96.4 Å². The first-order valence-corrected chi connectivity index (χ1v) is 11.4. The fourth-order valence-electron chi connectivity index (χ4n) is 4.27. The zero-order valence-corrected chi connectivity index (χ0v) is 18.4. The van der Waals surface area contributed by atoms with E-state index in [2.05, 4.69) is 21.0 Å². The Morgan fingerprint density at radius 2 is 1.64 bits per heavy atom. The van der Waals surface area contributed by atoms with E-state index < -0.39 is 0 Å². The van der Waals surface area contributed by atoms with Crippen LogP contribution in [0.15, 0.2) is 85.2 Å². The lowest BCUT2D eigenvalue weighted by Crippen LogP contribution is -2.23. The minimum atomic E-state index is -0.137. The van der Waals surface area contributed by atoms with Crippen LogP contribution in [0.3, 0.4) is 0 Å². The lowest BCUT2D eigenvalue weighted by molar-refractivity contribution is 0.0950. The Hall–Kier alpha value is -3.93. The Balaban J connectivity index is 1.26. The maximum Gasteiger partial charge on any atom is 0.251 e. The van der Waals surface area contributed by atoms with E-state index in [-0.39, 0.29) is 5.91 Å². The zero-order valence-electron chi connectivity index (χ0n) is 18.4. The SMILES string of the molecule is O=C(NCc1cc(-c2ccncc2)n(C2CCCC2)n1)c1ccc(Oc2ccccc2)cc1. The Morgan fingerprint density at radius 3 is 2.36 bits per heavy atom. The van der Waals surface area contributed by atoms with E-state index in [9.17, 15) is 4.79 Å². The van der Waals surface area contributed by atoms with Crippen molar-refractivity contribution in [2.45, 2.75) is 38.3 Å². The molecule has 1 aliphatic rings. The third-order valence-corrected chi connectivity index (χ3v) is 5.96. The molecular weight excluding hydrogens is 412 g/mol. The smallest absolute Gasteiger partial charge is 0.251 e. The van der Waals surface area contributed by atoms with Crippen LogP contribution in [-0.4, -0.2) is 20.7 Å². The maximum atomic E-state index is 12.7. The highest BCUT2D eigenvalue weighted by Gasteiger charge is 2.22. The van der Waals surface area contributed by atoms with Gasteiger partial charge in [-0.05, 0) is 67.4 Å². The molecule has 2 aromatic carbocycles. The van der Waals surface area contributed by atoms with Crippen molar-refractivity contribution < 1.29 is 9.53 Å². The number of pyridine rings is 1. The molecule has 4 aromatic rings. The van der Waals surface area contributed by atoms with Crippen LogP contribution in [0.5, 0.6) is 11.5 Å². The molecule has 0 atom stereocenters. The minimum Gasteiger partial charge on any atom is -0.457 e. The van der Waals surface area contributed by atoms with Gasteiger partial charge in [-0.15, -0.1) is 0 Å². The molecule has 166 valence electrons. The number of hydrogen-bond acceptors (Lipinski definition) is 4. The number of aromatic nitrogens is 3. The molecule has 0 saturated heterocycles. The average molecular weight is 439 g/mol. The van der Waals surface area contributed by atoms with Crippen molar-refractivity contribution in [2.24, 2.45) is 0 Å². The molecule has 2 heterocycles. The molecular formula is C27H26N4O2. The van der Waals surface area contributed by atoms with Crippen LogP contribution in [-0.2, 0) is 6.54 Å². The monoisotopic (exact) mass is 438 g/mol. The van der Waals surface area contributed by atoms with Gasteiger partial charge in [0.2, 0.25) is 0 Å². The summed E-state index contributed by atoms with van der Waals surface area (Å²) in [5.74, 6) is 1.31. The number of ether oxygens (including phenoxy) is 1. The van der Waals surface area contributed by atoms with Crippen molar-refractivity contribution in [1.29, 1.82) is 0 Å². The molecule has 0 bridgehead atoms. The molecule has 1 amide bonds. The van der Waals surface area contributed by atoms with Gasteiger partial charge in [0, 0.05) is 23.5 Å². The van der Waals surface area contributed by atoms with Gasteiger partial charge in [-0.1, -0.05) is 31.0 Å². The standard InChI is InChI=1S/C27H26N4O2/c32-27(21-10-12-25(13-11-21)33-24-8-2-1-3-9-24)29-19-22-18-26(20-14-16-28-17-15-20)31(30-22)23-6-4-5-7-23/h1-3,8-18,23H,4-7,19H2,(H,29,32). The van der Waals surface area contributed by atoms with Gasteiger partial charge in [0.25, 0.3) is 5.91 Å². The Bertz CT molecular complexity index is 1200. The van der Waals surface area contributed by atoms with E-state index >= 15 is 0 Å². The second-order valence-corrected chi connectivity index (χ2v) is 8.26. The van der Waals surface area contributed by atoms with Gasteiger partial charge in [-0.25, -0.2) is 0 Å². The second kappa shape index (κ2) is 9.69. The van der Waals surface area contributed by atoms with E-state index in [4.69, 9.17) is 9.84 Å². The molecule has 2 aromatic heterocycles. The average Bonchev–Trinajstić information content (AvgIpc) is 3.54. The first kappa shape index (κ1) is 20.9. The summed E-state index contributed by atoms with van der Waals surface area (Å²) < 4.78 is 7.94. The molecule has 1 aliphatic carbocycles. The van der Waals surface area contributed by atoms with Crippen molar-refractivity contribution in [2.75, 3.05) is 0 Å². The van der Waals surface area contributed by atoms with Gasteiger partial charge in [0.15, 0.2) is 0 Å². The fraction of sp³-hybridized carbons (Fsp3) is 0.222. The maximum absolute atomic E-state index is 12.7. The molecule has 6 nitrogen and oxygen atoms in total. The second-order valence-electron chi connectivity index (χ2n) is 8.26. The van der Waals surface area contributed by atoms with E-state index in [1.807, 2.05) is 42.5 Å². The quantitative estimate of drug-likeness (QED) is 0.397. The molecule has 5 rings (SSSR count). The van der Waals surface area contributed by atoms with Crippen LogP contribution in [0.25, 0.3) is 11.3 Å². The van der Waals surface area contributed by atoms with Crippen molar-refractivity contribution >= 4 is 5.91 Å². The predicted octanol–water partition coefficient (Wildman–Crippen LogP) is 5.78. The van der Waals surface area contributed by atoms with Crippen molar-refractivity contribution in [3.63, 3.8) is 0 Å². The summed E-state index contributed by atoms with van der Waals surface area (Å²) in [6.07, 6.45) is 8.35. The minimum absolute atomic E-state index is 0.137. The highest BCUT2D eigenvalue weighted by molar-refractivity contribution is 5.94. The number of nitrogens with zero attached hydrogens (tertiary/aromatic N) is 3. The molecule has 1 fully saturated rings. The highest BCUT2D eigenvalue weighted by Crippen LogP contribution is 2.33. The Morgan fingerprint density at radius 1 is 0.939 bits per heavy atom. The van der Waals surface area contributed by atoms with E-state index in [0.717, 1.165) is 35.5 Å². The van der Waals surface area contributed by atoms with Gasteiger partial charge in [0.1, 0.15) is 11.5 Å². The number of carbonyl (C=O) groups is 1. The first-order valence-electron chi connectivity index (χ1n) is 11.4. The van der Waals surface area contributed by atoms with Gasteiger partial charge in [-0.2, -0.15) is 5.10 Å². The number of amides is 1. The van der Waals surface area contributed by atoms with Crippen LogP contribution in [0.2, 0.25) is 0 Å². The topological polar surface area (TPSA) is 69.0 Å². The van der Waals surface area contributed by atoms with Gasteiger partial charge < -0.3 is 10.1 Å². The third kappa shape index (κ3) is 4.95. The van der Waals surface area contributed by atoms with Crippen molar-refractivity contribution in [1.82, 2.24) is 20.1 Å². The number of benzene rings is 2. The summed E-state index contributed by atoms with van der Waals surface area (Å²) in [4.78, 5) is 16.8. The predicted molar refractivity (Wildman–Crippen MR) is 127 cm³/mol. The fourth-order valence-corrected chi connectivity index (χ4v) is 4.27. The Kier molecular flexibility index (Phi) is 6.15. The van der Waals surface area contributed by atoms with Crippen LogP contribution >= 0.6 is 0 Å². The summed E-state index contributed by atoms with van der Waals surface area (Å²) in [6, 6.07) is 23.2. The lowest BCUT2D eigenvalue weighted by atomic mass is 10.1. The Labute approximate surface area is 193 Å². The number of carbonyl (C=O) groups excluding carboxylic acids is 1. The van der Waals surface area contributed by atoms with Crippen molar-refractivity contribution in [3.8, 4) is 22.8 Å². The zero-order chi connectivity index (χ0) is 22.5. The normalized spacial score (nSPS) is 13.7. The largest absolute Gasteiger partial charge is 0.457 e. The third-order valence-electron chi connectivity index (χ3n) is 5.96. The molecule has 1 N–H and O–H groups in total. The molecule has 0 aliphatic heterocycles. The number of rotatable bonds is 7. The van der Waals surface area contributed by atoms with E-state index in [1.165, 1.54) is 12.8 Å². The molecule has 33 heavy (non-hydrogen) atoms. The first-order chi connectivity index (χ1) is 16.3. The lowest BCUT2D eigenvalue weighted by Gasteiger charge is -2.14. The van der Waals surface area contributed by atoms with Crippen LogP contribution < -0.4 is 10.1 Å². The highest BCUT2D eigenvalue weighted by atomic mass is 16.5. The summed E-state index contributed by atoms with van der Waals surface area (Å²) in [5, 5.41) is 7.86. The summed E-state index contributed by atoms with van der Waals surface area (Å²) >= 11 is 0. The van der Waals surface area contributed by atoms with Crippen LogP contribution in [0, 0.1) is 0 Å². The molecule has 0 spiro atoms. The summed E-state index contributed by atoms with van der Waals surface area (Å²) in [6.45, 7) is 0.374. The number of hydrogen-bond donors (Lipinski definition) is 1. The van der Waals surface area contributed by atoms with E-state index in [1.54, 1.807) is 36.7 Å². The van der Waals surface area contributed by atoms with E-state index in [0.29, 0.717) is 23.9 Å². The number of nitrogens with one attached hydrogen (secondary N) is 1. The van der Waals surface area contributed by atoms with Gasteiger partial charge >= 0.3 is 0 Å². The molecule has 0 radical (unpaired) electrons. The molecule has 1 saturated carbocycles. The van der Waals surface area contributed by atoms with Gasteiger partial charge in [-0.3, -0.25) is 14.5 Å². The van der Waals surface area contributed by atoms with Gasteiger partial charge in [0.05, 0.1) is 24.0 Å². The summed E-state index contributed by atoms with van der Waals surface area (Å²) in [5.41, 5.74) is 3.61. The van der Waals surface area contributed by atoms with Crippen LogP contribution in [0.4, 0.5) is 0 Å². The summed E-state index contributed by atoms with van der Waals surface area (Å²) in [7, 11) is 0. The van der Waals surface area contributed by atoms with Crippen LogP contribution in [0.1, 0.15) is 47.8 Å².